The van der Waals surface area contributed by atoms with Crippen LogP contribution in [0.5, 0.6) is 0 Å². The Labute approximate surface area is 215 Å². The van der Waals surface area contributed by atoms with E-state index >= 15 is 0 Å². The van der Waals surface area contributed by atoms with E-state index in [1.165, 1.54) is 0 Å². The zero-order valence-corrected chi connectivity index (χ0v) is 22.5. The number of allylic oxidation sites excluding steroid dienone is 12. The molecule has 0 saturated heterocycles. The van der Waals surface area contributed by atoms with E-state index in [9.17, 15) is 10.2 Å². The van der Waals surface area contributed by atoms with E-state index in [-0.39, 0.29) is 5.76 Å². The molecule has 1 heterocycles. The summed E-state index contributed by atoms with van der Waals surface area (Å²) in [4.78, 5) is 4.41. The Morgan fingerprint density at radius 3 is 2.43 bits per heavy atom. The third-order valence-electron chi connectivity index (χ3n) is 5.67. The molecule has 1 aliphatic heterocycles. The molecule has 4 heteroatoms. The molecule has 1 aromatic rings. The molecule has 0 amide bonds. The predicted molar refractivity (Wildman–Crippen MR) is 155 cm³/mol. The lowest BCUT2D eigenvalue weighted by atomic mass is 10.0. The number of aliphatic hydroxyl groups excluding tert-OH is 2. The first-order chi connectivity index (χ1) is 16.7. The molecule has 2 rings (SSSR count). The van der Waals surface area contributed by atoms with E-state index < -0.39 is 0 Å². The van der Waals surface area contributed by atoms with Gasteiger partial charge >= 0.3 is 0 Å². The van der Waals surface area contributed by atoms with Gasteiger partial charge in [-0.2, -0.15) is 0 Å². The highest BCUT2D eigenvalue weighted by atomic mass is 32.2. The van der Waals surface area contributed by atoms with Gasteiger partial charge < -0.3 is 15.1 Å². The largest absolute Gasteiger partial charge is 0.515 e. The lowest BCUT2D eigenvalue weighted by Gasteiger charge is -2.30. The van der Waals surface area contributed by atoms with Crippen LogP contribution in [-0.2, 0) is 0 Å². The van der Waals surface area contributed by atoms with Crippen molar-refractivity contribution in [3.63, 3.8) is 0 Å². The Bertz CT molecular complexity index is 1200. The number of hydrogen-bond acceptors (Lipinski definition) is 4. The number of aliphatic hydroxyl groups is 2. The predicted octanol–water partition coefficient (Wildman–Crippen LogP) is 9.35. The van der Waals surface area contributed by atoms with Crippen LogP contribution < -0.4 is 4.90 Å². The summed E-state index contributed by atoms with van der Waals surface area (Å²) in [6, 6.07) is 6.43. The highest BCUT2D eigenvalue weighted by molar-refractivity contribution is 8.03. The van der Waals surface area contributed by atoms with E-state index in [1.54, 1.807) is 11.8 Å². The molecule has 0 saturated carbocycles. The Morgan fingerprint density at radius 2 is 1.86 bits per heavy atom. The molecule has 3 nitrogen and oxygen atoms in total. The Hall–Kier alpha value is -3.37. The molecular formula is C31H37NO2S. The van der Waals surface area contributed by atoms with Crippen molar-refractivity contribution in [2.24, 2.45) is 0 Å². The summed E-state index contributed by atoms with van der Waals surface area (Å²) in [5, 5.41) is 19.2. The minimum absolute atomic E-state index is 0.0790. The van der Waals surface area contributed by atoms with Crippen molar-refractivity contribution in [1.82, 2.24) is 0 Å². The number of thioether (sulfide) groups is 1. The third-order valence-corrected chi connectivity index (χ3v) is 6.76. The first-order valence-electron chi connectivity index (χ1n) is 11.7. The fourth-order valence-electron chi connectivity index (χ4n) is 3.70. The molecule has 1 aliphatic rings. The maximum atomic E-state index is 9.78. The Balaban J connectivity index is 2.59. The minimum Gasteiger partial charge on any atom is -0.515 e. The molecule has 0 bridgehead atoms. The smallest absolute Gasteiger partial charge is 0.111 e. The number of hydrogen-bond donors (Lipinski definition) is 2. The van der Waals surface area contributed by atoms with Crippen molar-refractivity contribution in [1.29, 1.82) is 0 Å². The van der Waals surface area contributed by atoms with Crippen molar-refractivity contribution in [2.75, 3.05) is 11.9 Å². The van der Waals surface area contributed by atoms with Crippen LogP contribution in [0.25, 0.3) is 5.57 Å². The van der Waals surface area contributed by atoms with E-state index in [2.05, 4.69) is 69.3 Å². The van der Waals surface area contributed by atoms with Gasteiger partial charge in [0.25, 0.3) is 0 Å². The third kappa shape index (κ3) is 7.06. The number of anilines is 1. The lowest BCUT2D eigenvalue weighted by Crippen LogP contribution is -2.20. The number of rotatable bonds is 9. The SMILES string of the molecule is C=CC1=C(/C=C(C)/C(/C=C(/C)C(=C)O)=C/CC)Sc2cc(C(/C=C/C)=C/C(C)=C/O)ccc2N1C. The molecule has 0 aliphatic carbocycles. The van der Waals surface area contributed by atoms with Crippen LogP contribution >= 0.6 is 11.8 Å². The normalized spacial score (nSPS) is 16.2. The van der Waals surface area contributed by atoms with Gasteiger partial charge in [0.1, 0.15) is 5.76 Å². The van der Waals surface area contributed by atoms with Gasteiger partial charge in [-0.15, -0.1) is 0 Å². The zero-order chi connectivity index (χ0) is 26.1. The fraction of sp³-hybridized carbons (Fsp3) is 0.226. The average Bonchev–Trinajstić information content (AvgIpc) is 2.83. The number of benzene rings is 1. The van der Waals surface area contributed by atoms with Gasteiger partial charge in [-0.05, 0) is 104 Å². The summed E-state index contributed by atoms with van der Waals surface area (Å²) in [6.45, 7) is 17.6. The van der Waals surface area contributed by atoms with Gasteiger partial charge in [-0.25, -0.2) is 0 Å². The zero-order valence-electron chi connectivity index (χ0n) is 21.7. The molecule has 0 aromatic heterocycles. The highest BCUT2D eigenvalue weighted by Gasteiger charge is 2.22. The van der Waals surface area contributed by atoms with Gasteiger partial charge in [0, 0.05) is 16.8 Å². The van der Waals surface area contributed by atoms with E-state index in [1.807, 2.05) is 51.2 Å². The summed E-state index contributed by atoms with van der Waals surface area (Å²) < 4.78 is 0. The van der Waals surface area contributed by atoms with Crippen molar-refractivity contribution in [3.8, 4) is 0 Å². The maximum absolute atomic E-state index is 9.78. The summed E-state index contributed by atoms with van der Waals surface area (Å²) in [5.41, 5.74) is 7.97. The van der Waals surface area contributed by atoms with Crippen LogP contribution in [0.15, 0.2) is 124 Å². The quantitative estimate of drug-likeness (QED) is 0.269. The standard InChI is InChI=1S/C31H37NO2S/c1-9-12-25(17-22(5)24(7)34)23(6)18-30-28(11-3)32(8)29-15-14-27(19-31(29)35-30)26(13-10-2)16-21(4)20-33/h10-20,33-34H,3,7,9H2,1-2,4-6,8H3/b13-10+,21-20+,22-17-,23-18+,25-12+,26-16+. The number of fused-ring (bicyclic) bond motifs is 1. The molecule has 0 atom stereocenters. The van der Waals surface area contributed by atoms with Crippen LogP contribution in [0.1, 0.15) is 46.6 Å². The summed E-state index contributed by atoms with van der Waals surface area (Å²) >= 11 is 1.72. The van der Waals surface area contributed by atoms with Crippen LogP contribution in [-0.4, -0.2) is 17.3 Å². The Kier molecular flexibility index (Phi) is 10.3. The molecule has 0 radical (unpaired) electrons. The summed E-state index contributed by atoms with van der Waals surface area (Å²) in [5.74, 6) is 0.0790. The summed E-state index contributed by atoms with van der Waals surface area (Å²) in [7, 11) is 2.06. The topological polar surface area (TPSA) is 43.7 Å². The number of nitrogens with zero attached hydrogens (tertiary/aromatic N) is 1. The molecule has 35 heavy (non-hydrogen) atoms. The Morgan fingerprint density at radius 1 is 1.14 bits per heavy atom. The molecule has 0 spiro atoms. The average molecular weight is 488 g/mol. The van der Waals surface area contributed by atoms with Crippen LogP contribution in [0, 0.1) is 0 Å². The van der Waals surface area contributed by atoms with Gasteiger partial charge in [-0.1, -0.05) is 56.1 Å². The van der Waals surface area contributed by atoms with Gasteiger partial charge in [0.05, 0.1) is 17.6 Å². The van der Waals surface area contributed by atoms with Gasteiger partial charge in [0.2, 0.25) is 0 Å². The minimum atomic E-state index is 0.0790. The molecule has 0 unspecified atom stereocenters. The van der Waals surface area contributed by atoms with Crippen LogP contribution in [0.4, 0.5) is 5.69 Å². The summed E-state index contributed by atoms with van der Waals surface area (Å²) in [6.07, 6.45) is 16.2. The van der Waals surface area contributed by atoms with Gasteiger partial charge in [0.15, 0.2) is 0 Å². The van der Waals surface area contributed by atoms with Crippen LogP contribution in [0.2, 0.25) is 0 Å². The van der Waals surface area contributed by atoms with E-state index in [0.29, 0.717) is 0 Å². The van der Waals surface area contributed by atoms with Gasteiger partial charge in [-0.3, -0.25) is 0 Å². The van der Waals surface area contributed by atoms with Crippen LogP contribution in [0.3, 0.4) is 0 Å². The fourth-order valence-corrected chi connectivity index (χ4v) is 4.99. The molecule has 0 fully saturated rings. The van der Waals surface area contributed by atoms with Crippen molar-refractivity contribution < 1.29 is 10.2 Å². The van der Waals surface area contributed by atoms with Crippen molar-refractivity contribution >= 4 is 23.0 Å². The van der Waals surface area contributed by atoms with Crippen molar-refractivity contribution in [3.05, 3.63) is 124 Å². The first-order valence-corrected chi connectivity index (χ1v) is 12.5. The first kappa shape index (κ1) is 27.9. The highest BCUT2D eigenvalue weighted by Crippen LogP contribution is 2.45. The molecular weight excluding hydrogens is 450 g/mol. The lowest BCUT2D eigenvalue weighted by molar-refractivity contribution is 0.426. The second-order valence-electron chi connectivity index (χ2n) is 8.44. The van der Waals surface area contributed by atoms with E-state index in [0.717, 1.165) is 67.3 Å². The second-order valence-corrected chi connectivity index (χ2v) is 9.52. The maximum Gasteiger partial charge on any atom is 0.111 e. The monoisotopic (exact) mass is 487 g/mol. The molecule has 184 valence electrons. The molecule has 2 N–H and O–H groups in total. The van der Waals surface area contributed by atoms with E-state index in [4.69, 9.17) is 0 Å². The second kappa shape index (κ2) is 12.9. The molecule has 1 aromatic carbocycles. The number of likely N-dealkylation sites (N-methyl/N-ethyl adjacent to an activating group) is 1. The van der Waals surface area contributed by atoms with Crippen molar-refractivity contribution in [2.45, 2.75) is 45.9 Å².